The van der Waals surface area contributed by atoms with Crippen molar-refractivity contribution in [3.05, 3.63) is 63.1 Å². The highest BCUT2D eigenvalue weighted by atomic mass is 35.5. The van der Waals surface area contributed by atoms with E-state index >= 15 is 0 Å². The highest BCUT2D eigenvalue weighted by molar-refractivity contribution is 8.13. The molecule has 0 radical (unpaired) electrons. The standard InChI is InChI=1S/C18H15Cl3N2O2S2/c19-12-2-1-3-13(7-12)23-17-10-27(24,25)9-16(17)22-18(23)26-8-11-4-5-14(20)15(21)6-11/h1-7,16-17H,8-10H2. The van der Waals surface area contributed by atoms with Gasteiger partial charge in [0.2, 0.25) is 0 Å². The first-order valence-corrected chi connectivity index (χ1v) is 12.2. The van der Waals surface area contributed by atoms with Crippen LogP contribution in [0.3, 0.4) is 0 Å². The van der Waals surface area contributed by atoms with Crippen LogP contribution < -0.4 is 4.90 Å². The zero-order valence-corrected chi connectivity index (χ0v) is 17.9. The molecular formula is C18H15Cl3N2O2S2. The number of fused-ring (bicyclic) bond motifs is 1. The zero-order chi connectivity index (χ0) is 19.2. The molecule has 2 atom stereocenters. The van der Waals surface area contributed by atoms with Gasteiger partial charge in [0.05, 0.1) is 33.6 Å². The van der Waals surface area contributed by atoms with Crippen LogP contribution >= 0.6 is 46.6 Å². The molecule has 2 unspecified atom stereocenters. The van der Waals surface area contributed by atoms with Crippen molar-refractivity contribution in [2.24, 2.45) is 4.99 Å². The summed E-state index contributed by atoms with van der Waals surface area (Å²) in [6, 6.07) is 12.5. The van der Waals surface area contributed by atoms with Crippen LogP contribution in [0.15, 0.2) is 47.5 Å². The number of hydrogen-bond donors (Lipinski definition) is 0. The number of hydrogen-bond acceptors (Lipinski definition) is 5. The maximum absolute atomic E-state index is 12.1. The molecule has 0 aromatic heterocycles. The maximum atomic E-state index is 12.1. The van der Waals surface area contributed by atoms with Crippen LogP contribution in [0.5, 0.6) is 0 Å². The molecule has 0 amide bonds. The van der Waals surface area contributed by atoms with Crippen molar-refractivity contribution in [3.63, 3.8) is 0 Å². The van der Waals surface area contributed by atoms with Gasteiger partial charge in [-0.05, 0) is 35.9 Å². The summed E-state index contributed by atoms with van der Waals surface area (Å²) in [4.78, 5) is 6.72. The van der Waals surface area contributed by atoms with E-state index < -0.39 is 9.84 Å². The van der Waals surface area contributed by atoms with E-state index in [2.05, 4.69) is 0 Å². The van der Waals surface area contributed by atoms with Gasteiger partial charge in [-0.15, -0.1) is 0 Å². The smallest absolute Gasteiger partial charge is 0.164 e. The molecule has 4 nitrogen and oxygen atoms in total. The average molecular weight is 462 g/mol. The fourth-order valence-corrected chi connectivity index (χ4v) is 6.75. The van der Waals surface area contributed by atoms with E-state index in [4.69, 9.17) is 39.8 Å². The van der Waals surface area contributed by atoms with Crippen molar-refractivity contribution in [2.45, 2.75) is 17.8 Å². The number of amidine groups is 1. The van der Waals surface area contributed by atoms with Crippen molar-refractivity contribution in [1.82, 2.24) is 0 Å². The fraction of sp³-hybridized carbons (Fsp3) is 0.278. The molecule has 9 heteroatoms. The lowest BCUT2D eigenvalue weighted by atomic mass is 10.1. The van der Waals surface area contributed by atoms with Crippen LogP contribution in [0.1, 0.15) is 5.56 Å². The van der Waals surface area contributed by atoms with Crippen LogP contribution in [0.4, 0.5) is 5.69 Å². The number of halogens is 3. The van der Waals surface area contributed by atoms with Crippen LogP contribution in [0.25, 0.3) is 0 Å². The molecule has 0 N–H and O–H groups in total. The Balaban J connectivity index is 1.62. The summed E-state index contributed by atoms with van der Waals surface area (Å²) in [5.41, 5.74) is 1.88. The number of rotatable bonds is 3. The van der Waals surface area contributed by atoms with E-state index in [0.717, 1.165) is 16.4 Å². The van der Waals surface area contributed by atoms with Crippen LogP contribution in [-0.2, 0) is 15.6 Å². The van der Waals surface area contributed by atoms with Crippen molar-refractivity contribution in [3.8, 4) is 0 Å². The third-order valence-corrected chi connectivity index (χ3v) is 8.26. The maximum Gasteiger partial charge on any atom is 0.164 e. The van der Waals surface area contributed by atoms with Gasteiger partial charge >= 0.3 is 0 Å². The topological polar surface area (TPSA) is 49.7 Å². The molecule has 27 heavy (non-hydrogen) atoms. The third-order valence-electron chi connectivity index (χ3n) is 4.55. The number of benzene rings is 2. The van der Waals surface area contributed by atoms with Gasteiger partial charge in [-0.3, -0.25) is 4.99 Å². The Bertz CT molecular complexity index is 1030. The van der Waals surface area contributed by atoms with Crippen LogP contribution in [-0.4, -0.2) is 37.2 Å². The van der Waals surface area contributed by atoms with Gasteiger partial charge in [-0.25, -0.2) is 8.42 Å². The van der Waals surface area contributed by atoms with Crippen molar-refractivity contribution in [1.29, 1.82) is 0 Å². The minimum absolute atomic E-state index is 0.0889. The highest BCUT2D eigenvalue weighted by Gasteiger charge is 2.47. The molecule has 1 fully saturated rings. The Morgan fingerprint density at radius 1 is 1.07 bits per heavy atom. The summed E-state index contributed by atoms with van der Waals surface area (Å²) in [5, 5.41) is 2.43. The minimum atomic E-state index is -3.08. The summed E-state index contributed by atoms with van der Waals surface area (Å²) in [6.07, 6.45) is 0. The molecule has 2 aliphatic heterocycles. The first-order valence-electron chi connectivity index (χ1n) is 8.22. The van der Waals surface area contributed by atoms with Gasteiger partial charge in [0, 0.05) is 16.5 Å². The summed E-state index contributed by atoms with van der Waals surface area (Å²) in [7, 11) is -3.08. The lowest BCUT2D eigenvalue weighted by molar-refractivity contribution is 0.601. The molecule has 2 aromatic rings. The second-order valence-electron chi connectivity index (χ2n) is 6.51. The fourth-order valence-electron chi connectivity index (χ4n) is 3.34. The molecule has 0 spiro atoms. The summed E-state index contributed by atoms with van der Waals surface area (Å²) in [5.74, 6) is 0.842. The molecule has 0 bridgehead atoms. The van der Waals surface area contributed by atoms with Crippen molar-refractivity contribution < 1.29 is 8.42 Å². The highest BCUT2D eigenvalue weighted by Crippen LogP contribution is 2.37. The summed E-state index contributed by atoms with van der Waals surface area (Å²) >= 11 is 19.8. The van der Waals surface area contributed by atoms with Gasteiger partial charge in [0.25, 0.3) is 0 Å². The third kappa shape index (κ3) is 4.10. The number of nitrogens with zero attached hydrogens (tertiary/aromatic N) is 2. The lowest BCUT2D eigenvalue weighted by Crippen LogP contribution is -2.39. The Morgan fingerprint density at radius 3 is 2.63 bits per heavy atom. The second-order valence-corrected chi connectivity index (χ2v) is 10.9. The van der Waals surface area contributed by atoms with Crippen molar-refractivity contribution in [2.75, 3.05) is 16.4 Å². The Labute approximate surface area is 177 Å². The van der Waals surface area contributed by atoms with Gasteiger partial charge in [-0.1, -0.05) is 58.7 Å². The van der Waals surface area contributed by atoms with Gasteiger partial charge < -0.3 is 4.90 Å². The van der Waals surface area contributed by atoms with E-state index in [9.17, 15) is 8.42 Å². The zero-order valence-electron chi connectivity index (χ0n) is 14.0. The first-order chi connectivity index (χ1) is 12.8. The Morgan fingerprint density at radius 2 is 1.89 bits per heavy atom. The van der Waals surface area contributed by atoms with E-state index in [1.54, 1.807) is 23.9 Å². The molecule has 142 valence electrons. The summed E-state index contributed by atoms with van der Waals surface area (Å²) in [6.45, 7) is 0. The van der Waals surface area contributed by atoms with Crippen LogP contribution in [0.2, 0.25) is 15.1 Å². The monoisotopic (exact) mass is 460 g/mol. The van der Waals surface area contributed by atoms with Gasteiger partial charge in [0.1, 0.15) is 0 Å². The van der Waals surface area contributed by atoms with E-state index in [1.807, 2.05) is 35.2 Å². The first kappa shape index (κ1) is 19.4. The van der Waals surface area contributed by atoms with E-state index in [-0.39, 0.29) is 23.6 Å². The van der Waals surface area contributed by atoms with Gasteiger partial charge in [0.15, 0.2) is 15.0 Å². The molecule has 0 aliphatic carbocycles. The Kier molecular flexibility index (Phi) is 5.38. The molecule has 4 rings (SSSR count). The van der Waals surface area contributed by atoms with E-state index in [0.29, 0.717) is 20.8 Å². The Hall–Kier alpha value is -0.920. The van der Waals surface area contributed by atoms with E-state index in [1.165, 1.54) is 0 Å². The number of aliphatic imine (C=N–C) groups is 1. The second kappa shape index (κ2) is 7.48. The quantitative estimate of drug-likeness (QED) is 0.651. The molecule has 2 heterocycles. The molecule has 1 saturated heterocycles. The minimum Gasteiger partial charge on any atom is -0.315 e. The number of sulfone groups is 1. The normalized spacial score (nSPS) is 23.4. The lowest BCUT2D eigenvalue weighted by Gasteiger charge is -2.26. The van der Waals surface area contributed by atoms with Gasteiger partial charge in [-0.2, -0.15) is 0 Å². The average Bonchev–Trinajstić information content (AvgIpc) is 3.07. The SMILES string of the molecule is O=S1(=O)CC2N=C(SCc3ccc(Cl)c(Cl)c3)N(c3cccc(Cl)c3)C2C1. The molecule has 2 aromatic carbocycles. The summed E-state index contributed by atoms with van der Waals surface area (Å²) < 4.78 is 24.2. The predicted molar refractivity (Wildman–Crippen MR) is 115 cm³/mol. The molecular weight excluding hydrogens is 447 g/mol. The molecule has 0 saturated carbocycles. The predicted octanol–water partition coefficient (Wildman–Crippen LogP) is 4.92. The van der Waals surface area contributed by atoms with Crippen LogP contribution in [0, 0.1) is 0 Å². The molecule has 2 aliphatic rings. The largest absolute Gasteiger partial charge is 0.315 e. The number of anilines is 1. The van der Waals surface area contributed by atoms with Crippen molar-refractivity contribution >= 4 is 67.3 Å². The number of thioether (sulfide) groups is 1.